The van der Waals surface area contributed by atoms with Crippen LogP contribution in [0.2, 0.25) is 20.1 Å². The first-order valence-corrected chi connectivity index (χ1v) is 11.8. The molecule has 0 aliphatic carbocycles. The number of rotatable bonds is 6. The number of aromatic nitrogens is 3. The highest BCUT2D eigenvalue weighted by atomic mass is 35.5. The molecule has 0 saturated carbocycles. The fraction of sp³-hybridized carbons (Fsp3) is 0.0455. The van der Waals surface area contributed by atoms with Crippen molar-refractivity contribution in [3.05, 3.63) is 86.8 Å². The Morgan fingerprint density at radius 2 is 1.59 bits per heavy atom. The summed E-state index contributed by atoms with van der Waals surface area (Å²) in [6.07, 6.45) is 0. The van der Waals surface area contributed by atoms with Gasteiger partial charge in [-0.15, -0.1) is 10.2 Å². The Balaban J connectivity index is 1.62. The van der Waals surface area contributed by atoms with Crippen molar-refractivity contribution in [2.45, 2.75) is 5.16 Å². The summed E-state index contributed by atoms with van der Waals surface area (Å²) in [7, 11) is 0. The first kappa shape index (κ1) is 23.0. The number of halogens is 4. The lowest BCUT2D eigenvalue weighted by atomic mass is 10.2. The van der Waals surface area contributed by atoms with E-state index in [4.69, 9.17) is 46.4 Å². The maximum atomic E-state index is 12.5. The zero-order valence-electron chi connectivity index (χ0n) is 16.2. The normalized spacial score (nSPS) is 10.9. The molecule has 0 saturated heterocycles. The molecule has 0 fully saturated rings. The van der Waals surface area contributed by atoms with Crippen LogP contribution in [0.4, 0.5) is 5.69 Å². The summed E-state index contributed by atoms with van der Waals surface area (Å²) in [5, 5.41) is 13.9. The van der Waals surface area contributed by atoms with Gasteiger partial charge in [0.25, 0.3) is 0 Å². The van der Waals surface area contributed by atoms with Crippen LogP contribution >= 0.6 is 58.2 Å². The number of carbonyl (C=O) groups is 1. The van der Waals surface area contributed by atoms with E-state index in [2.05, 4.69) is 15.5 Å². The first-order valence-electron chi connectivity index (χ1n) is 9.26. The second-order valence-corrected chi connectivity index (χ2v) is 9.19. The van der Waals surface area contributed by atoms with Crippen LogP contribution in [0.25, 0.3) is 17.1 Å². The molecule has 0 aliphatic heterocycles. The number of amides is 1. The molecule has 1 amide bonds. The summed E-state index contributed by atoms with van der Waals surface area (Å²) in [6, 6.07) is 19.5. The molecule has 0 radical (unpaired) electrons. The number of carbonyl (C=O) groups excluding carboxylic acids is 1. The van der Waals surface area contributed by atoms with Crippen molar-refractivity contribution in [3.8, 4) is 17.1 Å². The van der Waals surface area contributed by atoms with E-state index < -0.39 is 0 Å². The second kappa shape index (κ2) is 10.1. The standard InChI is InChI=1S/C22H14Cl4N4OS/c23-13-5-8-15(9-6-13)30-21(16-3-1-2-4-17(16)25)28-29-22(30)32-12-20(31)27-19-11-14(24)7-10-18(19)26/h1-11H,12H2,(H,27,31). The van der Waals surface area contributed by atoms with Gasteiger partial charge in [0, 0.05) is 21.3 Å². The third-order valence-corrected chi connectivity index (χ3v) is 6.44. The largest absolute Gasteiger partial charge is 0.324 e. The zero-order valence-corrected chi connectivity index (χ0v) is 20.1. The van der Waals surface area contributed by atoms with E-state index >= 15 is 0 Å². The molecule has 0 aliphatic rings. The van der Waals surface area contributed by atoms with E-state index in [1.165, 1.54) is 11.8 Å². The maximum Gasteiger partial charge on any atom is 0.234 e. The van der Waals surface area contributed by atoms with Gasteiger partial charge in [0.2, 0.25) is 5.91 Å². The lowest BCUT2D eigenvalue weighted by Gasteiger charge is -2.12. The molecule has 0 unspecified atom stereocenters. The predicted octanol–water partition coefficient (Wildman–Crippen LogP) is 7.28. The van der Waals surface area contributed by atoms with Crippen molar-refractivity contribution >= 4 is 69.8 Å². The fourth-order valence-electron chi connectivity index (χ4n) is 2.91. The average molecular weight is 524 g/mol. The molecule has 1 aromatic heterocycles. The summed E-state index contributed by atoms with van der Waals surface area (Å²) in [5.74, 6) is 0.375. The average Bonchev–Trinajstić information content (AvgIpc) is 3.19. The highest BCUT2D eigenvalue weighted by Gasteiger charge is 2.19. The molecule has 1 heterocycles. The van der Waals surface area contributed by atoms with Crippen LogP contribution in [0.5, 0.6) is 0 Å². The van der Waals surface area contributed by atoms with Crippen LogP contribution in [0.15, 0.2) is 71.9 Å². The highest BCUT2D eigenvalue weighted by Crippen LogP contribution is 2.32. The van der Waals surface area contributed by atoms with Gasteiger partial charge in [-0.25, -0.2) is 0 Å². The molecule has 162 valence electrons. The smallest absolute Gasteiger partial charge is 0.234 e. The molecule has 4 aromatic rings. The van der Waals surface area contributed by atoms with Gasteiger partial charge in [-0.1, -0.05) is 70.3 Å². The molecule has 0 atom stereocenters. The Labute approximate surface area is 208 Å². The molecule has 3 aromatic carbocycles. The van der Waals surface area contributed by atoms with Gasteiger partial charge in [0.15, 0.2) is 11.0 Å². The van der Waals surface area contributed by atoms with E-state index in [0.717, 1.165) is 11.3 Å². The summed E-state index contributed by atoms with van der Waals surface area (Å²) in [5.41, 5.74) is 1.95. The molecule has 0 spiro atoms. The van der Waals surface area contributed by atoms with Gasteiger partial charge < -0.3 is 5.32 Å². The second-order valence-electron chi connectivity index (χ2n) is 6.56. The number of hydrogen-bond donors (Lipinski definition) is 1. The molecule has 5 nitrogen and oxygen atoms in total. The van der Waals surface area contributed by atoms with Crippen molar-refractivity contribution in [3.63, 3.8) is 0 Å². The van der Waals surface area contributed by atoms with Crippen LogP contribution < -0.4 is 5.32 Å². The van der Waals surface area contributed by atoms with Gasteiger partial charge in [-0.05, 0) is 54.6 Å². The minimum Gasteiger partial charge on any atom is -0.324 e. The molecule has 4 rings (SSSR count). The maximum absolute atomic E-state index is 12.5. The predicted molar refractivity (Wildman–Crippen MR) is 133 cm³/mol. The van der Waals surface area contributed by atoms with E-state index in [9.17, 15) is 4.79 Å². The Hall–Kier alpha value is -2.22. The van der Waals surface area contributed by atoms with Gasteiger partial charge in [-0.3, -0.25) is 9.36 Å². The van der Waals surface area contributed by atoms with Crippen LogP contribution in [-0.4, -0.2) is 26.4 Å². The third kappa shape index (κ3) is 5.22. The molecular formula is C22H14Cl4N4OS. The zero-order chi connectivity index (χ0) is 22.7. The Morgan fingerprint density at radius 3 is 2.34 bits per heavy atom. The van der Waals surface area contributed by atoms with Gasteiger partial charge in [0.1, 0.15) is 0 Å². The topological polar surface area (TPSA) is 59.8 Å². The van der Waals surface area contributed by atoms with E-state index in [1.54, 1.807) is 36.4 Å². The van der Waals surface area contributed by atoms with Crippen molar-refractivity contribution in [2.75, 3.05) is 11.1 Å². The molecular weight excluding hydrogens is 510 g/mol. The van der Waals surface area contributed by atoms with Crippen LogP contribution in [0.3, 0.4) is 0 Å². The van der Waals surface area contributed by atoms with Crippen molar-refractivity contribution in [2.24, 2.45) is 0 Å². The quantitative estimate of drug-likeness (QED) is 0.270. The van der Waals surface area contributed by atoms with Crippen molar-refractivity contribution in [1.29, 1.82) is 0 Å². The summed E-state index contributed by atoms with van der Waals surface area (Å²) in [4.78, 5) is 12.5. The minimum absolute atomic E-state index is 0.0804. The first-order chi connectivity index (χ1) is 15.4. The Morgan fingerprint density at radius 1 is 0.875 bits per heavy atom. The van der Waals surface area contributed by atoms with Gasteiger partial charge in [0.05, 0.1) is 21.5 Å². The number of nitrogens with one attached hydrogen (secondary N) is 1. The van der Waals surface area contributed by atoms with Crippen molar-refractivity contribution < 1.29 is 4.79 Å². The number of hydrogen-bond acceptors (Lipinski definition) is 4. The van der Waals surface area contributed by atoms with Crippen molar-refractivity contribution in [1.82, 2.24) is 14.8 Å². The van der Waals surface area contributed by atoms with Gasteiger partial charge in [-0.2, -0.15) is 0 Å². The summed E-state index contributed by atoms with van der Waals surface area (Å²) < 4.78 is 1.84. The minimum atomic E-state index is -0.260. The van der Waals surface area contributed by atoms with Crippen LogP contribution in [0.1, 0.15) is 0 Å². The molecule has 1 N–H and O–H groups in total. The summed E-state index contributed by atoms with van der Waals surface area (Å²) >= 11 is 25.8. The van der Waals surface area contributed by atoms with Crippen LogP contribution in [0, 0.1) is 0 Å². The third-order valence-electron chi connectivity index (χ3n) is 4.37. The van der Waals surface area contributed by atoms with E-state index in [-0.39, 0.29) is 11.7 Å². The Bertz CT molecular complexity index is 1280. The van der Waals surface area contributed by atoms with Gasteiger partial charge >= 0.3 is 0 Å². The lowest BCUT2D eigenvalue weighted by Crippen LogP contribution is -2.15. The van der Waals surface area contributed by atoms with E-state index in [0.29, 0.717) is 36.8 Å². The lowest BCUT2D eigenvalue weighted by molar-refractivity contribution is -0.113. The summed E-state index contributed by atoms with van der Waals surface area (Å²) in [6.45, 7) is 0. The number of anilines is 1. The number of benzene rings is 3. The Kier molecular flexibility index (Phi) is 7.28. The SMILES string of the molecule is O=C(CSc1nnc(-c2ccccc2Cl)n1-c1ccc(Cl)cc1)Nc1cc(Cl)ccc1Cl. The fourth-order valence-corrected chi connectivity index (χ4v) is 4.35. The monoisotopic (exact) mass is 522 g/mol. The molecule has 32 heavy (non-hydrogen) atoms. The number of nitrogens with zero attached hydrogens (tertiary/aromatic N) is 3. The van der Waals surface area contributed by atoms with Crippen LogP contribution in [-0.2, 0) is 4.79 Å². The highest BCUT2D eigenvalue weighted by molar-refractivity contribution is 7.99. The molecule has 10 heteroatoms. The van der Waals surface area contributed by atoms with E-state index in [1.807, 2.05) is 34.9 Å². The molecule has 0 bridgehead atoms. The number of thioether (sulfide) groups is 1.